The Hall–Kier alpha value is -1.82. The van der Waals surface area contributed by atoms with Gasteiger partial charge in [-0.2, -0.15) is 0 Å². The number of nitrogens with zero attached hydrogens (tertiary/aromatic N) is 3. The van der Waals surface area contributed by atoms with Gasteiger partial charge in [0.05, 0.1) is 12.1 Å². The molecule has 2 saturated heterocycles. The molecule has 6 nitrogen and oxygen atoms in total. The Balaban J connectivity index is 1.77. The molecule has 0 spiro atoms. The molecule has 2 fully saturated rings. The van der Waals surface area contributed by atoms with Gasteiger partial charge in [0.25, 0.3) is 0 Å². The van der Waals surface area contributed by atoms with Crippen molar-refractivity contribution in [3.05, 3.63) is 23.9 Å². The number of rotatable bonds is 2. The highest BCUT2D eigenvalue weighted by Gasteiger charge is 2.35. The molecular formula is C13H18N4O2. The van der Waals surface area contributed by atoms with Gasteiger partial charge in [-0.3, -0.25) is 0 Å². The number of piperazine rings is 1. The molecule has 3 rings (SSSR count). The fourth-order valence-electron chi connectivity index (χ4n) is 2.68. The Bertz CT molecular complexity index is 491. The fraction of sp³-hybridized carbons (Fsp3) is 0.538. The van der Waals surface area contributed by atoms with Crippen LogP contribution in [0.1, 0.15) is 18.6 Å². The highest BCUT2D eigenvalue weighted by atomic mass is 16.3. The van der Waals surface area contributed by atoms with E-state index < -0.39 is 6.10 Å². The zero-order valence-electron chi connectivity index (χ0n) is 10.9. The van der Waals surface area contributed by atoms with E-state index in [4.69, 9.17) is 0 Å². The van der Waals surface area contributed by atoms with Crippen molar-refractivity contribution in [3.63, 3.8) is 0 Å². The van der Waals surface area contributed by atoms with Crippen molar-refractivity contribution in [1.29, 1.82) is 0 Å². The lowest BCUT2D eigenvalue weighted by atomic mass is 10.1. The first-order valence-corrected chi connectivity index (χ1v) is 6.58. The van der Waals surface area contributed by atoms with Crippen molar-refractivity contribution in [2.75, 3.05) is 31.1 Å². The molecule has 6 heteroatoms. The number of urea groups is 1. The second-order valence-corrected chi connectivity index (χ2v) is 5.10. The maximum Gasteiger partial charge on any atom is 0.317 e. The highest BCUT2D eigenvalue weighted by Crippen LogP contribution is 2.22. The number of carbonyl (C=O) groups excluding carboxylic acids is 1. The molecule has 102 valence electrons. The predicted molar refractivity (Wildman–Crippen MR) is 71.0 cm³/mol. The Morgan fingerprint density at radius 2 is 2.37 bits per heavy atom. The van der Waals surface area contributed by atoms with E-state index in [1.807, 2.05) is 17.0 Å². The van der Waals surface area contributed by atoms with Crippen LogP contribution in [-0.4, -0.2) is 53.2 Å². The molecule has 0 radical (unpaired) electrons. The van der Waals surface area contributed by atoms with Crippen LogP contribution in [0, 0.1) is 0 Å². The third-order valence-electron chi connectivity index (χ3n) is 3.81. The van der Waals surface area contributed by atoms with Gasteiger partial charge in [0.2, 0.25) is 0 Å². The molecule has 2 N–H and O–H groups in total. The molecule has 1 aromatic heterocycles. The third-order valence-corrected chi connectivity index (χ3v) is 3.81. The van der Waals surface area contributed by atoms with Gasteiger partial charge in [-0.1, -0.05) is 0 Å². The van der Waals surface area contributed by atoms with Crippen molar-refractivity contribution in [2.45, 2.75) is 19.1 Å². The number of pyridine rings is 1. The normalized spacial score (nSPS) is 24.1. The van der Waals surface area contributed by atoms with E-state index in [-0.39, 0.29) is 12.1 Å². The summed E-state index contributed by atoms with van der Waals surface area (Å²) in [5.41, 5.74) is 0.869. The molecule has 2 aliphatic heterocycles. The van der Waals surface area contributed by atoms with Crippen LogP contribution >= 0.6 is 0 Å². The molecule has 2 amide bonds. The summed E-state index contributed by atoms with van der Waals surface area (Å²) < 4.78 is 0. The van der Waals surface area contributed by atoms with Crippen LogP contribution in [0.25, 0.3) is 0 Å². The summed E-state index contributed by atoms with van der Waals surface area (Å²) in [7, 11) is 0. The van der Waals surface area contributed by atoms with E-state index in [1.54, 1.807) is 13.1 Å². The number of hydrogen-bond acceptors (Lipinski definition) is 4. The zero-order chi connectivity index (χ0) is 13.4. The van der Waals surface area contributed by atoms with Crippen LogP contribution in [0.4, 0.5) is 10.6 Å². The summed E-state index contributed by atoms with van der Waals surface area (Å²) >= 11 is 0. The minimum atomic E-state index is -0.488. The molecule has 0 aromatic carbocycles. The largest absolute Gasteiger partial charge is 0.389 e. The SMILES string of the molecule is C[C@H](O)c1ccnc(N2CCN3C(=O)NCC3C2)c1. The fourth-order valence-corrected chi connectivity index (χ4v) is 2.68. The molecule has 19 heavy (non-hydrogen) atoms. The van der Waals surface area contributed by atoms with Crippen LogP contribution in [0.15, 0.2) is 18.3 Å². The second-order valence-electron chi connectivity index (χ2n) is 5.10. The summed E-state index contributed by atoms with van der Waals surface area (Å²) in [6.07, 6.45) is 1.24. The summed E-state index contributed by atoms with van der Waals surface area (Å²) in [5, 5.41) is 12.5. The number of carbonyl (C=O) groups is 1. The van der Waals surface area contributed by atoms with Gasteiger partial charge < -0.3 is 20.2 Å². The van der Waals surface area contributed by atoms with Gasteiger partial charge >= 0.3 is 6.03 Å². The molecule has 1 aromatic rings. The molecule has 2 aliphatic rings. The Morgan fingerprint density at radius 1 is 1.53 bits per heavy atom. The molecule has 0 saturated carbocycles. The van der Waals surface area contributed by atoms with Crippen LogP contribution in [0.2, 0.25) is 0 Å². The zero-order valence-corrected chi connectivity index (χ0v) is 10.9. The van der Waals surface area contributed by atoms with Crippen molar-refractivity contribution < 1.29 is 9.90 Å². The van der Waals surface area contributed by atoms with Gasteiger partial charge in [0.15, 0.2) is 0 Å². The topological polar surface area (TPSA) is 68.7 Å². The van der Waals surface area contributed by atoms with Crippen molar-refractivity contribution in [1.82, 2.24) is 15.2 Å². The third kappa shape index (κ3) is 2.23. The minimum absolute atomic E-state index is 0.0374. The highest BCUT2D eigenvalue weighted by molar-refractivity contribution is 5.77. The number of fused-ring (bicyclic) bond motifs is 1. The lowest BCUT2D eigenvalue weighted by Gasteiger charge is -2.37. The number of amides is 2. The van der Waals surface area contributed by atoms with Gasteiger partial charge in [-0.15, -0.1) is 0 Å². The summed E-state index contributed by atoms with van der Waals surface area (Å²) in [5.74, 6) is 0.873. The molecule has 1 unspecified atom stereocenters. The average Bonchev–Trinajstić information content (AvgIpc) is 2.80. The summed E-state index contributed by atoms with van der Waals surface area (Å²) in [6, 6.07) is 4.00. The van der Waals surface area contributed by atoms with Crippen molar-refractivity contribution in [2.24, 2.45) is 0 Å². The van der Waals surface area contributed by atoms with Crippen LogP contribution in [0.5, 0.6) is 0 Å². The Kier molecular flexibility index (Phi) is 3.02. The number of hydrogen-bond donors (Lipinski definition) is 2. The van der Waals surface area contributed by atoms with Gasteiger partial charge in [0, 0.05) is 32.4 Å². The molecule has 0 bridgehead atoms. The maximum atomic E-state index is 11.5. The van der Waals surface area contributed by atoms with Crippen molar-refractivity contribution in [3.8, 4) is 0 Å². The smallest absolute Gasteiger partial charge is 0.317 e. The van der Waals surface area contributed by atoms with Crippen molar-refractivity contribution >= 4 is 11.8 Å². The summed E-state index contributed by atoms with van der Waals surface area (Å²) in [6.45, 7) is 4.73. The first-order chi connectivity index (χ1) is 9.15. The standard InChI is InChI=1S/C13H18N4O2/c1-9(18)10-2-3-14-12(6-10)16-4-5-17-11(8-16)7-15-13(17)19/h2-3,6,9,11,18H,4-5,7-8H2,1H3,(H,15,19)/t9-,11?/m0/s1. The summed E-state index contributed by atoms with van der Waals surface area (Å²) in [4.78, 5) is 20.0. The molecule has 2 atom stereocenters. The van der Waals surface area contributed by atoms with Gasteiger partial charge in [-0.05, 0) is 24.6 Å². The van der Waals surface area contributed by atoms with Gasteiger partial charge in [-0.25, -0.2) is 9.78 Å². The van der Waals surface area contributed by atoms with E-state index in [2.05, 4.69) is 15.2 Å². The number of aliphatic hydroxyl groups excluding tert-OH is 1. The quantitative estimate of drug-likeness (QED) is 0.807. The molecular weight excluding hydrogens is 244 g/mol. The number of nitrogens with one attached hydrogen (secondary N) is 1. The van der Waals surface area contributed by atoms with E-state index in [1.165, 1.54) is 0 Å². The maximum absolute atomic E-state index is 11.5. The number of anilines is 1. The minimum Gasteiger partial charge on any atom is -0.389 e. The predicted octanol–water partition coefficient (Wildman–Crippen LogP) is 0.349. The Labute approximate surface area is 112 Å². The lowest BCUT2D eigenvalue weighted by Crippen LogP contribution is -2.52. The van der Waals surface area contributed by atoms with E-state index in [9.17, 15) is 9.90 Å². The van der Waals surface area contributed by atoms with Crippen LogP contribution in [0.3, 0.4) is 0 Å². The number of aromatic nitrogens is 1. The van der Waals surface area contributed by atoms with E-state index in [0.29, 0.717) is 6.54 Å². The van der Waals surface area contributed by atoms with E-state index >= 15 is 0 Å². The van der Waals surface area contributed by atoms with Gasteiger partial charge in [0.1, 0.15) is 5.82 Å². The van der Waals surface area contributed by atoms with Crippen LogP contribution < -0.4 is 10.2 Å². The average molecular weight is 262 g/mol. The first kappa shape index (κ1) is 12.2. The Morgan fingerprint density at radius 3 is 3.16 bits per heavy atom. The lowest BCUT2D eigenvalue weighted by molar-refractivity contribution is 0.197. The molecule has 0 aliphatic carbocycles. The molecule has 3 heterocycles. The van der Waals surface area contributed by atoms with E-state index in [0.717, 1.165) is 31.0 Å². The number of aliphatic hydroxyl groups is 1. The first-order valence-electron chi connectivity index (χ1n) is 6.58. The second kappa shape index (κ2) is 4.70. The van der Waals surface area contributed by atoms with Crippen LogP contribution in [-0.2, 0) is 0 Å². The monoisotopic (exact) mass is 262 g/mol.